The summed E-state index contributed by atoms with van der Waals surface area (Å²) in [5, 5.41) is 0. The van der Waals surface area contributed by atoms with Gasteiger partial charge in [0, 0.05) is 0 Å². The first-order valence-corrected chi connectivity index (χ1v) is 14.1. The minimum atomic E-state index is -0.407. The summed E-state index contributed by atoms with van der Waals surface area (Å²) < 4.78 is 0. The van der Waals surface area contributed by atoms with Crippen molar-refractivity contribution in [2.24, 2.45) is 0 Å². The van der Waals surface area contributed by atoms with Gasteiger partial charge in [0.15, 0.2) is 0 Å². The third-order valence-corrected chi connectivity index (χ3v) is 8.04. The maximum Gasteiger partial charge on any atom is 0.0701 e. The quantitative estimate of drug-likeness (QED) is 0.216. The van der Waals surface area contributed by atoms with Crippen LogP contribution in [0, 0.1) is 0 Å². The molecule has 0 unspecified atom stereocenters. The largest absolute Gasteiger partial charge is 0.0701 e. The van der Waals surface area contributed by atoms with Gasteiger partial charge in [-0.3, -0.25) is 0 Å². The molecule has 0 aliphatic carbocycles. The summed E-state index contributed by atoms with van der Waals surface area (Å²) in [5.74, 6) is 2.02. The molecule has 0 radical (unpaired) electrons. The second kappa shape index (κ2) is 11.1. The van der Waals surface area contributed by atoms with Gasteiger partial charge in [-0.05, 0) is 68.2 Å². The Hall–Kier alpha value is -3.12. The molecule has 0 heterocycles. The van der Waals surface area contributed by atoms with Gasteiger partial charge in [0.25, 0.3) is 0 Å². The molecule has 0 aliphatic rings. The van der Waals surface area contributed by atoms with Crippen molar-refractivity contribution in [2.75, 3.05) is 0 Å². The highest BCUT2D eigenvalue weighted by atomic mass is 14.4. The molecule has 0 N–H and O–H groups in total. The molecule has 0 aliphatic heterocycles. The molecule has 192 valence electrons. The summed E-state index contributed by atoms with van der Waals surface area (Å²) in [7, 11) is 0. The molecule has 0 amide bonds. The van der Waals surface area contributed by atoms with Crippen LogP contribution >= 0.6 is 0 Å². The van der Waals surface area contributed by atoms with E-state index < -0.39 is 5.41 Å². The highest BCUT2D eigenvalue weighted by Crippen LogP contribution is 2.46. The molecule has 0 atom stereocenters. The maximum atomic E-state index is 2.36. The Morgan fingerprint density at radius 3 is 0.595 bits per heavy atom. The Kier molecular flexibility index (Phi) is 8.08. The SMILES string of the molecule is CC(C)c1ccc(C(c2ccc(C(C)C)cc2)(c2ccc(C(C)C)cc2)c2ccc(C(C)C)cc2)cc1. The van der Waals surface area contributed by atoms with Gasteiger partial charge in [0.1, 0.15) is 0 Å². The van der Waals surface area contributed by atoms with Gasteiger partial charge in [0.05, 0.1) is 5.41 Å². The van der Waals surface area contributed by atoms with Crippen LogP contribution in [-0.4, -0.2) is 0 Å². The van der Waals surface area contributed by atoms with E-state index >= 15 is 0 Å². The average molecular weight is 489 g/mol. The van der Waals surface area contributed by atoms with Crippen molar-refractivity contribution < 1.29 is 0 Å². The lowest BCUT2D eigenvalue weighted by Gasteiger charge is -2.37. The van der Waals surface area contributed by atoms with Crippen LogP contribution in [0.3, 0.4) is 0 Å². The Labute approximate surface area is 225 Å². The van der Waals surface area contributed by atoms with Crippen molar-refractivity contribution in [3.63, 3.8) is 0 Å². The number of hydrogen-bond donors (Lipinski definition) is 0. The van der Waals surface area contributed by atoms with Crippen LogP contribution in [0.15, 0.2) is 97.1 Å². The van der Waals surface area contributed by atoms with Crippen molar-refractivity contribution >= 4 is 0 Å². The Bertz CT molecular complexity index is 1060. The Morgan fingerprint density at radius 1 is 0.297 bits per heavy atom. The zero-order valence-corrected chi connectivity index (χ0v) is 24.0. The van der Waals surface area contributed by atoms with Gasteiger partial charge in [0.2, 0.25) is 0 Å². The lowest BCUT2D eigenvalue weighted by atomic mass is 9.64. The van der Waals surface area contributed by atoms with Gasteiger partial charge < -0.3 is 0 Å². The summed E-state index contributed by atoms with van der Waals surface area (Å²) in [6.45, 7) is 18.1. The van der Waals surface area contributed by atoms with Crippen molar-refractivity contribution in [1.82, 2.24) is 0 Å². The molecule has 4 rings (SSSR count). The fraction of sp³-hybridized carbons (Fsp3) is 0.351. The van der Waals surface area contributed by atoms with E-state index in [1.807, 2.05) is 0 Å². The zero-order valence-electron chi connectivity index (χ0n) is 24.0. The number of rotatable bonds is 8. The third-order valence-electron chi connectivity index (χ3n) is 8.04. The summed E-state index contributed by atoms with van der Waals surface area (Å²) in [6.07, 6.45) is 0. The number of hydrogen-bond acceptors (Lipinski definition) is 0. The van der Waals surface area contributed by atoms with Crippen molar-refractivity contribution in [1.29, 1.82) is 0 Å². The molecule has 0 saturated heterocycles. The Morgan fingerprint density at radius 2 is 0.459 bits per heavy atom. The molecular formula is C37H44. The van der Waals surface area contributed by atoms with Crippen molar-refractivity contribution in [3.05, 3.63) is 142 Å². The molecule has 0 nitrogen and oxygen atoms in total. The highest BCUT2D eigenvalue weighted by molar-refractivity contribution is 5.61. The van der Waals surface area contributed by atoms with Crippen LogP contribution in [0.1, 0.15) is 124 Å². The van der Waals surface area contributed by atoms with E-state index in [1.54, 1.807) is 0 Å². The summed E-state index contributed by atoms with van der Waals surface area (Å²) in [4.78, 5) is 0. The smallest absolute Gasteiger partial charge is 0.0587 e. The molecule has 0 heteroatoms. The van der Waals surface area contributed by atoms with Crippen LogP contribution in [-0.2, 0) is 5.41 Å². The van der Waals surface area contributed by atoms with Crippen LogP contribution in [0.5, 0.6) is 0 Å². The van der Waals surface area contributed by atoms with Gasteiger partial charge in [-0.1, -0.05) is 152 Å². The molecule has 0 spiro atoms. The van der Waals surface area contributed by atoms with E-state index in [9.17, 15) is 0 Å². The molecule has 0 saturated carbocycles. The summed E-state index contributed by atoms with van der Waals surface area (Å²) in [5.41, 5.74) is 10.3. The van der Waals surface area contributed by atoms with E-state index in [0.717, 1.165) is 0 Å². The van der Waals surface area contributed by atoms with Gasteiger partial charge in [-0.2, -0.15) is 0 Å². The minimum absolute atomic E-state index is 0.407. The first kappa shape index (κ1) is 26.9. The first-order chi connectivity index (χ1) is 17.6. The van der Waals surface area contributed by atoms with Gasteiger partial charge in [-0.15, -0.1) is 0 Å². The van der Waals surface area contributed by atoms with E-state index in [2.05, 4.69) is 152 Å². The average Bonchev–Trinajstić information content (AvgIpc) is 2.90. The number of benzene rings is 4. The molecule has 4 aromatic carbocycles. The summed E-state index contributed by atoms with van der Waals surface area (Å²) in [6, 6.07) is 37.4. The zero-order chi connectivity index (χ0) is 26.7. The van der Waals surface area contributed by atoms with Crippen molar-refractivity contribution in [3.8, 4) is 0 Å². The van der Waals surface area contributed by atoms with Crippen molar-refractivity contribution in [2.45, 2.75) is 84.5 Å². The van der Waals surface area contributed by atoms with Crippen LogP contribution < -0.4 is 0 Å². The molecule has 0 aromatic heterocycles. The standard InChI is InChI=1S/C37H44/c1-25(2)29-9-17-33(18-10-29)37(34-19-11-30(12-20-34)26(3)4,35-21-13-31(14-22-35)27(5)6)36-23-15-32(16-24-36)28(7)8/h9-28H,1-8H3. The van der Waals surface area contributed by atoms with E-state index in [4.69, 9.17) is 0 Å². The maximum absolute atomic E-state index is 2.36. The predicted molar refractivity (Wildman–Crippen MR) is 161 cm³/mol. The third kappa shape index (κ3) is 5.30. The fourth-order valence-electron chi connectivity index (χ4n) is 5.47. The minimum Gasteiger partial charge on any atom is -0.0587 e. The molecule has 0 bridgehead atoms. The second-order valence-corrected chi connectivity index (χ2v) is 11.9. The molecular weight excluding hydrogens is 444 g/mol. The Balaban J connectivity index is 2.05. The lowest BCUT2D eigenvalue weighted by Crippen LogP contribution is -2.31. The molecule has 37 heavy (non-hydrogen) atoms. The van der Waals surface area contributed by atoms with Crippen LogP contribution in [0.4, 0.5) is 0 Å². The molecule has 4 aromatic rings. The van der Waals surface area contributed by atoms with E-state index in [1.165, 1.54) is 44.5 Å². The lowest BCUT2D eigenvalue weighted by molar-refractivity contribution is 0.736. The van der Waals surface area contributed by atoms with Gasteiger partial charge in [-0.25, -0.2) is 0 Å². The topological polar surface area (TPSA) is 0 Å². The highest BCUT2D eigenvalue weighted by Gasteiger charge is 2.38. The normalized spacial score (nSPS) is 12.2. The molecule has 0 fully saturated rings. The second-order valence-electron chi connectivity index (χ2n) is 11.9. The first-order valence-electron chi connectivity index (χ1n) is 14.1. The predicted octanol–water partition coefficient (Wildman–Crippen LogP) is 10.6. The van der Waals surface area contributed by atoms with E-state index in [0.29, 0.717) is 23.7 Å². The van der Waals surface area contributed by atoms with Crippen LogP contribution in [0.25, 0.3) is 0 Å². The monoisotopic (exact) mass is 488 g/mol. The fourth-order valence-corrected chi connectivity index (χ4v) is 5.47. The van der Waals surface area contributed by atoms with Crippen LogP contribution in [0.2, 0.25) is 0 Å². The van der Waals surface area contributed by atoms with E-state index in [-0.39, 0.29) is 0 Å². The summed E-state index contributed by atoms with van der Waals surface area (Å²) >= 11 is 0. The van der Waals surface area contributed by atoms with Gasteiger partial charge >= 0.3 is 0 Å².